The fourth-order valence-corrected chi connectivity index (χ4v) is 1.59. The summed E-state index contributed by atoms with van der Waals surface area (Å²) in [6.07, 6.45) is 2.73. The maximum Gasteiger partial charge on any atom is 0.267 e. The first-order chi connectivity index (χ1) is 6.56. The summed E-state index contributed by atoms with van der Waals surface area (Å²) >= 11 is 2.06. The fourth-order valence-electron chi connectivity index (χ4n) is 1.14. The van der Waals surface area contributed by atoms with Gasteiger partial charge in [-0.3, -0.25) is 9.36 Å². The second-order valence-electron chi connectivity index (χ2n) is 3.61. The van der Waals surface area contributed by atoms with Crippen LogP contribution < -0.4 is 5.56 Å². The summed E-state index contributed by atoms with van der Waals surface area (Å²) in [6.45, 7) is 6.89. The molecule has 1 aromatic heterocycles. The number of hydrogen-bond acceptors (Lipinski definition) is 2. The molecule has 0 spiro atoms. The largest absolute Gasteiger partial charge is 0.298 e. The van der Waals surface area contributed by atoms with Crippen LogP contribution in [0.15, 0.2) is 11.1 Å². The molecular formula is C10H15IN2O. The van der Waals surface area contributed by atoms with Crippen molar-refractivity contribution in [3.63, 3.8) is 0 Å². The van der Waals surface area contributed by atoms with Crippen molar-refractivity contribution < 1.29 is 0 Å². The van der Waals surface area contributed by atoms with E-state index in [0.717, 1.165) is 22.2 Å². The molecule has 0 saturated heterocycles. The van der Waals surface area contributed by atoms with Crippen molar-refractivity contribution in [1.29, 1.82) is 0 Å². The molecule has 1 heterocycles. The standard InChI is InChI=1S/C10H15IN2O/c1-4-7(2)5-13-6-12-8(3)9(11)10(13)14/h6-7H,4-5H2,1-3H3. The van der Waals surface area contributed by atoms with Gasteiger partial charge in [-0.1, -0.05) is 20.3 Å². The molecule has 0 saturated carbocycles. The van der Waals surface area contributed by atoms with Gasteiger partial charge in [-0.25, -0.2) is 4.98 Å². The minimum Gasteiger partial charge on any atom is -0.298 e. The zero-order chi connectivity index (χ0) is 10.7. The first-order valence-corrected chi connectivity index (χ1v) is 5.85. The molecule has 1 aromatic rings. The van der Waals surface area contributed by atoms with Crippen LogP contribution in [-0.4, -0.2) is 9.55 Å². The summed E-state index contributed by atoms with van der Waals surface area (Å²) < 4.78 is 2.43. The topological polar surface area (TPSA) is 34.9 Å². The van der Waals surface area contributed by atoms with Gasteiger partial charge >= 0.3 is 0 Å². The third kappa shape index (κ3) is 2.56. The van der Waals surface area contributed by atoms with Crippen LogP contribution in [0.25, 0.3) is 0 Å². The zero-order valence-corrected chi connectivity index (χ0v) is 10.9. The zero-order valence-electron chi connectivity index (χ0n) is 8.75. The molecule has 0 amide bonds. The molecule has 3 nitrogen and oxygen atoms in total. The summed E-state index contributed by atoms with van der Waals surface area (Å²) in [6, 6.07) is 0. The number of rotatable bonds is 3. The highest BCUT2D eigenvalue weighted by molar-refractivity contribution is 14.1. The number of nitrogens with zero attached hydrogens (tertiary/aromatic N) is 2. The number of hydrogen-bond donors (Lipinski definition) is 0. The summed E-state index contributed by atoms with van der Waals surface area (Å²) in [5, 5.41) is 0. The Balaban J connectivity index is 3.00. The highest BCUT2D eigenvalue weighted by Gasteiger charge is 2.07. The Morgan fingerprint density at radius 3 is 2.86 bits per heavy atom. The van der Waals surface area contributed by atoms with Gasteiger partial charge in [0, 0.05) is 6.54 Å². The molecule has 0 aromatic carbocycles. The molecule has 14 heavy (non-hydrogen) atoms. The molecule has 1 atom stereocenters. The summed E-state index contributed by atoms with van der Waals surface area (Å²) in [7, 11) is 0. The summed E-state index contributed by atoms with van der Waals surface area (Å²) in [4.78, 5) is 15.9. The average Bonchev–Trinajstić information content (AvgIpc) is 2.19. The van der Waals surface area contributed by atoms with Crippen molar-refractivity contribution in [2.75, 3.05) is 0 Å². The first kappa shape index (κ1) is 11.7. The quantitative estimate of drug-likeness (QED) is 0.803. The molecule has 78 valence electrons. The predicted molar refractivity (Wildman–Crippen MR) is 65.4 cm³/mol. The minimum absolute atomic E-state index is 0.0819. The molecule has 1 unspecified atom stereocenters. The molecule has 0 N–H and O–H groups in total. The van der Waals surface area contributed by atoms with Gasteiger partial charge in [0.2, 0.25) is 0 Å². The van der Waals surface area contributed by atoms with Crippen molar-refractivity contribution in [1.82, 2.24) is 9.55 Å². The van der Waals surface area contributed by atoms with Crippen LogP contribution >= 0.6 is 22.6 Å². The van der Waals surface area contributed by atoms with Gasteiger partial charge < -0.3 is 0 Å². The lowest BCUT2D eigenvalue weighted by Gasteiger charge is -2.11. The Morgan fingerprint density at radius 2 is 2.29 bits per heavy atom. The van der Waals surface area contributed by atoms with E-state index >= 15 is 0 Å². The molecular weight excluding hydrogens is 291 g/mol. The van der Waals surface area contributed by atoms with Crippen LogP contribution in [0.1, 0.15) is 26.0 Å². The maximum absolute atomic E-state index is 11.8. The fraction of sp³-hybridized carbons (Fsp3) is 0.600. The minimum atomic E-state index is 0.0819. The van der Waals surface area contributed by atoms with Crippen LogP contribution in [0.3, 0.4) is 0 Å². The second kappa shape index (κ2) is 4.91. The molecule has 0 aliphatic rings. The van der Waals surface area contributed by atoms with Crippen molar-refractivity contribution in [3.8, 4) is 0 Å². The second-order valence-corrected chi connectivity index (χ2v) is 4.69. The van der Waals surface area contributed by atoms with Crippen molar-refractivity contribution in [2.45, 2.75) is 33.7 Å². The predicted octanol–water partition coefficient (Wildman–Crippen LogP) is 2.20. The molecule has 0 fully saturated rings. The lowest BCUT2D eigenvalue weighted by molar-refractivity contribution is 0.454. The Bertz CT molecular complexity index is 373. The molecule has 4 heteroatoms. The van der Waals surface area contributed by atoms with Crippen molar-refractivity contribution in [2.24, 2.45) is 5.92 Å². The lowest BCUT2D eigenvalue weighted by atomic mass is 10.1. The summed E-state index contributed by atoms with van der Waals surface area (Å²) in [5.74, 6) is 0.521. The van der Waals surface area contributed by atoms with E-state index in [1.54, 1.807) is 10.9 Å². The van der Waals surface area contributed by atoms with Gasteiger partial charge in [-0.2, -0.15) is 0 Å². The van der Waals surface area contributed by atoms with Crippen molar-refractivity contribution in [3.05, 3.63) is 25.9 Å². The first-order valence-electron chi connectivity index (χ1n) is 4.77. The molecule has 0 radical (unpaired) electrons. The van der Waals surface area contributed by atoms with E-state index in [1.807, 2.05) is 6.92 Å². The van der Waals surface area contributed by atoms with E-state index < -0.39 is 0 Å². The van der Waals surface area contributed by atoms with Crippen LogP contribution in [-0.2, 0) is 6.54 Å². The summed E-state index contributed by atoms with van der Waals surface area (Å²) in [5.41, 5.74) is 0.898. The molecule has 0 aliphatic heterocycles. The van der Waals surface area contributed by atoms with Crippen LogP contribution in [0, 0.1) is 16.4 Å². The third-order valence-electron chi connectivity index (χ3n) is 2.36. The highest BCUT2D eigenvalue weighted by atomic mass is 127. The Hall–Kier alpha value is -0.390. The smallest absolute Gasteiger partial charge is 0.267 e. The van der Waals surface area contributed by atoms with Gasteiger partial charge in [0.05, 0.1) is 15.6 Å². The average molecular weight is 306 g/mol. The lowest BCUT2D eigenvalue weighted by Crippen LogP contribution is -2.26. The maximum atomic E-state index is 11.8. The monoisotopic (exact) mass is 306 g/mol. The van der Waals surface area contributed by atoms with Gasteiger partial charge in [0.1, 0.15) is 0 Å². The van der Waals surface area contributed by atoms with Gasteiger partial charge in [0.25, 0.3) is 5.56 Å². The molecule has 0 bridgehead atoms. The van der Waals surface area contributed by atoms with Gasteiger partial charge in [-0.15, -0.1) is 0 Å². The van der Waals surface area contributed by atoms with Gasteiger partial charge in [0.15, 0.2) is 0 Å². The Kier molecular flexibility index (Phi) is 4.10. The Morgan fingerprint density at radius 1 is 1.64 bits per heavy atom. The SMILES string of the molecule is CCC(C)Cn1cnc(C)c(I)c1=O. The van der Waals surface area contributed by atoms with E-state index in [2.05, 4.69) is 41.4 Å². The van der Waals surface area contributed by atoms with E-state index in [-0.39, 0.29) is 5.56 Å². The number of aryl methyl sites for hydroxylation is 1. The Labute approximate surface area is 97.7 Å². The number of aromatic nitrogens is 2. The van der Waals surface area contributed by atoms with E-state index in [4.69, 9.17) is 0 Å². The van der Waals surface area contributed by atoms with Crippen LogP contribution in [0.2, 0.25) is 0 Å². The van der Waals surface area contributed by atoms with E-state index in [9.17, 15) is 4.79 Å². The molecule has 0 aliphatic carbocycles. The van der Waals surface area contributed by atoms with Crippen LogP contribution in [0.5, 0.6) is 0 Å². The van der Waals surface area contributed by atoms with Crippen molar-refractivity contribution >= 4 is 22.6 Å². The molecule has 1 rings (SSSR count). The van der Waals surface area contributed by atoms with E-state index in [0.29, 0.717) is 5.92 Å². The third-order valence-corrected chi connectivity index (χ3v) is 3.60. The normalized spacial score (nSPS) is 12.9. The number of halogens is 1. The highest BCUT2D eigenvalue weighted by Crippen LogP contribution is 2.05. The van der Waals surface area contributed by atoms with Gasteiger partial charge in [-0.05, 0) is 35.4 Å². The van der Waals surface area contributed by atoms with E-state index in [1.165, 1.54) is 0 Å². The van der Waals surface area contributed by atoms with Crippen LogP contribution in [0.4, 0.5) is 0 Å².